The van der Waals surface area contributed by atoms with E-state index in [0.29, 0.717) is 17.1 Å². The number of phenols is 1. The van der Waals surface area contributed by atoms with Gasteiger partial charge in [0.25, 0.3) is 0 Å². The number of methoxy groups -OCH3 is 1. The number of aromatic nitrogens is 2. The summed E-state index contributed by atoms with van der Waals surface area (Å²) in [5.41, 5.74) is 1.32. The van der Waals surface area contributed by atoms with Crippen molar-refractivity contribution in [2.45, 2.75) is 0 Å². The summed E-state index contributed by atoms with van der Waals surface area (Å²) in [6, 6.07) is 12.8. The molecule has 5 heteroatoms. The van der Waals surface area contributed by atoms with Gasteiger partial charge in [0.2, 0.25) is 0 Å². The van der Waals surface area contributed by atoms with Crippen molar-refractivity contribution in [2.24, 2.45) is 0 Å². The second kappa shape index (κ2) is 5.52. The van der Waals surface area contributed by atoms with Crippen LogP contribution in [0.1, 0.15) is 0 Å². The van der Waals surface area contributed by atoms with Gasteiger partial charge in [0.1, 0.15) is 22.8 Å². The van der Waals surface area contributed by atoms with E-state index in [9.17, 15) is 5.11 Å². The van der Waals surface area contributed by atoms with E-state index in [1.165, 1.54) is 0 Å². The predicted octanol–water partition coefficient (Wildman–Crippen LogP) is 3.08. The maximum atomic E-state index is 10.1. The average molecular weight is 295 g/mol. The molecule has 0 radical (unpaired) electrons. The van der Waals surface area contributed by atoms with E-state index in [0.717, 1.165) is 16.7 Å². The first-order chi connectivity index (χ1) is 10.6. The van der Waals surface area contributed by atoms with Crippen LogP contribution in [0, 0.1) is 0 Å². The van der Waals surface area contributed by atoms with Crippen LogP contribution < -0.4 is 9.64 Å². The highest BCUT2D eigenvalue weighted by molar-refractivity contribution is 5.94. The van der Waals surface area contributed by atoms with Crippen LogP contribution in [-0.2, 0) is 0 Å². The number of hydrogen-bond acceptors (Lipinski definition) is 5. The van der Waals surface area contributed by atoms with Crippen LogP contribution in [0.5, 0.6) is 11.5 Å². The molecule has 22 heavy (non-hydrogen) atoms. The van der Waals surface area contributed by atoms with Crippen molar-refractivity contribution in [1.82, 2.24) is 9.97 Å². The molecule has 0 saturated heterocycles. The van der Waals surface area contributed by atoms with Gasteiger partial charge in [-0.3, -0.25) is 0 Å². The molecule has 112 valence electrons. The van der Waals surface area contributed by atoms with Gasteiger partial charge in [0.05, 0.1) is 12.7 Å². The third-order valence-corrected chi connectivity index (χ3v) is 3.46. The van der Waals surface area contributed by atoms with Crippen molar-refractivity contribution in [3.63, 3.8) is 0 Å². The molecule has 0 spiro atoms. The number of anilines is 1. The number of rotatable bonds is 3. The molecule has 0 bridgehead atoms. The van der Waals surface area contributed by atoms with E-state index in [1.54, 1.807) is 25.3 Å². The maximum Gasteiger partial charge on any atom is 0.166 e. The van der Waals surface area contributed by atoms with E-state index >= 15 is 0 Å². The monoisotopic (exact) mass is 295 g/mol. The van der Waals surface area contributed by atoms with E-state index in [1.807, 2.05) is 43.3 Å². The minimum Gasteiger partial charge on any atom is -0.507 e. The molecule has 1 N–H and O–H groups in total. The molecule has 2 aromatic carbocycles. The number of fused-ring (bicyclic) bond motifs is 1. The molecule has 0 saturated carbocycles. The Morgan fingerprint density at radius 1 is 1.00 bits per heavy atom. The second-order valence-corrected chi connectivity index (χ2v) is 5.14. The highest BCUT2D eigenvalue weighted by Crippen LogP contribution is 2.34. The lowest BCUT2D eigenvalue weighted by Crippen LogP contribution is -2.12. The SMILES string of the molecule is COc1cccc2c(N(C)C)nc(-c3ccccc3O)nc12. The molecule has 0 fully saturated rings. The molecule has 0 aliphatic rings. The predicted molar refractivity (Wildman–Crippen MR) is 87.5 cm³/mol. The Bertz CT molecular complexity index is 831. The van der Waals surface area contributed by atoms with Crippen molar-refractivity contribution in [1.29, 1.82) is 0 Å². The molecule has 0 aliphatic carbocycles. The summed E-state index contributed by atoms with van der Waals surface area (Å²) in [6.07, 6.45) is 0. The van der Waals surface area contributed by atoms with Gasteiger partial charge < -0.3 is 14.7 Å². The average Bonchev–Trinajstić information content (AvgIpc) is 2.53. The van der Waals surface area contributed by atoms with Crippen LogP contribution in [0.15, 0.2) is 42.5 Å². The summed E-state index contributed by atoms with van der Waals surface area (Å²) in [6.45, 7) is 0. The Labute approximate surface area is 128 Å². The molecule has 3 rings (SSSR count). The smallest absolute Gasteiger partial charge is 0.166 e. The first-order valence-electron chi connectivity index (χ1n) is 6.92. The van der Waals surface area contributed by atoms with Gasteiger partial charge in [-0.15, -0.1) is 0 Å². The van der Waals surface area contributed by atoms with E-state index in [2.05, 4.69) is 9.97 Å². The summed E-state index contributed by atoms with van der Waals surface area (Å²) < 4.78 is 5.41. The zero-order chi connectivity index (χ0) is 15.7. The molecule has 1 aromatic heterocycles. The van der Waals surface area contributed by atoms with Crippen LogP contribution >= 0.6 is 0 Å². The largest absolute Gasteiger partial charge is 0.507 e. The molecule has 0 unspecified atom stereocenters. The van der Waals surface area contributed by atoms with E-state index in [4.69, 9.17) is 4.74 Å². The lowest BCUT2D eigenvalue weighted by Gasteiger charge is -2.16. The Morgan fingerprint density at radius 3 is 2.45 bits per heavy atom. The summed E-state index contributed by atoms with van der Waals surface area (Å²) in [5.74, 6) is 2.09. The molecule has 0 atom stereocenters. The zero-order valence-corrected chi connectivity index (χ0v) is 12.7. The van der Waals surface area contributed by atoms with Gasteiger partial charge in [-0.2, -0.15) is 0 Å². The van der Waals surface area contributed by atoms with Crippen molar-refractivity contribution in [2.75, 3.05) is 26.1 Å². The molecule has 1 heterocycles. The lowest BCUT2D eigenvalue weighted by molar-refractivity contribution is 0.419. The fraction of sp³-hybridized carbons (Fsp3) is 0.176. The normalized spacial score (nSPS) is 10.7. The van der Waals surface area contributed by atoms with Crippen LogP contribution in [0.25, 0.3) is 22.3 Å². The minimum absolute atomic E-state index is 0.154. The minimum atomic E-state index is 0.154. The molecule has 5 nitrogen and oxygen atoms in total. The fourth-order valence-corrected chi connectivity index (χ4v) is 2.40. The molecule has 3 aromatic rings. The fourth-order valence-electron chi connectivity index (χ4n) is 2.40. The number of ether oxygens (including phenoxy) is 1. The number of hydrogen-bond donors (Lipinski definition) is 1. The highest BCUT2D eigenvalue weighted by atomic mass is 16.5. The van der Waals surface area contributed by atoms with Crippen molar-refractivity contribution >= 4 is 16.7 Å². The molecule has 0 aliphatic heterocycles. The van der Waals surface area contributed by atoms with Crippen LogP contribution in [0.3, 0.4) is 0 Å². The molecular weight excluding hydrogens is 278 g/mol. The standard InChI is InChI=1S/C17H17N3O2/c1-20(2)17-12-8-6-10-14(22-3)15(12)18-16(19-17)11-7-4-5-9-13(11)21/h4-10,21H,1-3H3. The van der Waals surface area contributed by atoms with Crippen molar-refractivity contribution in [3.05, 3.63) is 42.5 Å². The van der Waals surface area contributed by atoms with Crippen LogP contribution in [0.2, 0.25) is 0 Å². The first-order valence-corrected chi connectivity index (χ1v) is 6.92. The number of aromatic hydroxyl groups is 1. The second-order valence-electron chi connectivity index (χ2n) is 5.14. The number of benzene rings is 2. The van der Waals surface area contributed by atoms with Gasteiger partial charge in [-0.1, -0.05) is 18.2 Å². The summed E-state index contributed by atoms with van der Waals surface area (Å²) >= 11 is 0. The Balaban J connectivity index is 2.36. The molecule has 0 amide bonds. The Hall–Kier alpha value is -2.82. The van der Waals surface area contributed by atoms with Gasteiger partial charge in [-0.05, 0) is 24.3 Å². The lowest BCUT2D eigenvalue weighted by atomic mass is 10.1. The van der Waals surface area contributed by atoms with Crippen molar-refractivity contribution in [3.8, 4) is 22.9 Å². The topological polar surface area (TPSA) is 58.5 Å². The third kappa shape index (κ3) is 2.30. The number of para-hydroxylation sites is 2. The van der Waals surface area contributed by atoms with Crippen LogP contribution in [0.4, 0.5) is 5.82 Å². The summed E-state index contributed by atoms with van der Waals surface area (Å²) in [7, 11) is 5.47. The quantitative estimate of drug-likeness (QED) is 0.804. The number of nitrogens with zero attached hydrogens (tertiary/aromatic N) is 3. The van der Waals surface area contributed by atoms with Gasteiger partial charge in [-0.25, -0.2) is 9.97 Å². The molecular formula is C17H17N3O2. The van der Waals surface area contributed by atoms with Crippen LogP contribution in [-0.4, -0.2) is 36.3 Å². The van der Waals surface area contributed by atoms with Crippen molar-refractivity contribution < 1.29 is 9.84 Å². The van der Waals surface area contributed by atoms with Gasteiger partial charge >= 0.3 is 0 Å². The Kier molecular flexibility index (Phi) is 3.55. The maximum absolute atomic E-state index is 10.1. The summed E-state index contributed by atoms with van der Waals surface area (Å²) in [4.78, 5) is 11.1. The third-order valence-electron chi connectivity index (χ3n) is 3.46. The Morgan fingerprint density at radius 2 is 1.77 bits per heavy atom. The van der Waals surface area contributed by atoms with Gasteiger partial charge in [0, 0.05) is 19.5 Å². The van der Waals surface area contributed by atoms with E-state index in [-0.39, 0.29) is 5.75 Å². The van der Waals surface area contributed by atoms with Gasteiger partial charge in [0.15, 0.2) is 5.82 Å². The highest BCUT2D eigenvalue weighted by Gasteiger charge is 2.15. The van der Waals surface area contributed by atoms with E-state index < -0.39 is 0 Å². The number of phenolic OH excluding ortho intramolecular Hbond substituents is 1. The summed E-state index contributed by atoms with van der Waals surface area (Å²) in [5, 5.41) is 11.0. The first kappa shape index (κ1) is 14.1. The zero-order valence-electron chi connectivity index (χ0n) is 12.7.